The van der Waals surface area contributed by atoms with Crippen molar-refractivity contribution in [2.75, 3.05) is 42.1 Å². The van der Waals surface area contributed by atoms with Crippen molar-refractivity contribution in [2.45, 2.75) is 31.8 Å². The number of benzene rings is 1. The lowest BCUT2D eigenvalue weighted by atomic mass is 10.1. The Morgan fingerprint density at radius 2 is 1.80 bits per heavy atom. The van der Waals surface area contributed by atoms with Crippen molar-refractivity contribution < 1.29 is 31.9 Å². The third-order valence-electron chi connectivity index (χ3n) is 5.06. The molecule has 166 valence electrons. The maximum Gasteiger partial charge on any atom is 0.407 e. The van der Waals surface area contributed by atoms with E-state index in [9.17, 15) is 22.0 Å². The summed E-state index contributed by atoms with van der Waals surface area (Å²) in [5, 5.41) is 13.1. The number of piperidine rings is 2. The molecule has 0 radical (unpaired) electrons. The van der Waals surface area contributed by atoms with E-state index in [1.54, 1.807) is 4.90 Å². The fourth-order valence-electron chi connectivity index (χ4n) is 3.46. The lowest BCUT2D eigenvalue weighted by Gasteiger charge is -2.31. The fourth-order valence-corrected chi connectivity index (χ4v) is 4.01. The smallest absolute Gasteiger partial charge is 0.407 e. The molecule has 2 heterocycles. The Morgan fingerprint density at radius 3 is 2.37 bits per heavy atom. The van der Waals surface area contributed by atoms with Crippen LogP contribution >= 0.6 is 0 Å². The van der Waals surface area contributed by atoms with E-state index in [0.717, 1.165) is 24.1 Å². The first kappa shape index (κ1) is 22.1. The van der Waals surface area contributed by atoms with Crippen LogP contribution in [-0.2, 0) is 14.9 Å². The highest BCUT2D eigenvalue weighted by Gasteiger charge is 2.25. The van der Waals surface area contributed by atoms with Gasteiger partial charge in [-0.3, -0.25) is 4.72 Å². The predicted octanol–water partition coefficient (Wildman–Crippen LogP) is 2.45. The topological polar surface area (TPSA) is 112 Å². The highest BCUT2D eigenvalue weighted by molar-refractivity contribution is 7.92. The maximum atomic E-state index is 14.4. The first-order valence-corrected chi connectivity index (χ1v) is 11.4. The second-order valence-electron chi connectivity index (χ2n) is 7.38. The zero-order chi connectivity index (χ0) is 21.9. The minimum atomic E-state index is -3.72. The lowest BCUT2D eigenvalue weighted by Crippen LogP contribution is -2.40. The van der Waals surface area contributed by atoms with E-state index in [-0.39, 0.29) is 11.8 Å². The first-order valence-electron chi connectivity index (χ1n) is 9.53. The second-order valence-corrected chi connectivity index (χ2v) is 9.13. The van der Waals surface area contributed by atoms with E-state index in [2.05, 4.69) is 5.16 Å². The number of nitrogens with one attached hydrogen (secondary N) is 1. The van der Waals surface area contributed by atoms with Crippen LogP contribution in [0.4, 0.5) is 25.0 Å². The second kappa shape index (κ2) is 9.02. The van der Waals surface area contributed by atoms with Gasteiger partial charge >= 0.3 is 6.09 Å². The molecule has 0 spiro atoms. The monoisotopic (exact) mass is 446 g/mol. The summed E-state index contributed by atoms with van der Waals surface area (Å²) in [4.78, 5) is 19.5. The standard InChI is InChI=1S/C18H24F2N4O5S/c1-30(27,28)22-16-10-15(20)17(11-14(16)19)23-6-2-12(3-7-23)21-29-13-4-8-24(9-5-13)18(25)26/h10-11,13,22H,2-9H2,1H3,(H,25,26). The number of sulfonamides is 1. The molecular formula is C18H24F2N4O5S. The molecule has 0 saturated carbocycles. The molecule has 0 bridgehead atoms. The van der Waals surface area contributed by atoms with Crippen LogP contribution in [0, 0.1) is 11.6 Å². The van der Waals surface area contributed by atoms with E-state index < -0.39 is 33.4 Å². The highest BCUT2D eigenvalue weighted by atomic mass is 32.2. The summed E-state index contributed by atoms with van der Waals surface area (Å²) in [5.74, 6) is -1.57. The molecule has 1 amide bonds. The molecule has 2 aliphatic rings. The molecule has 0 aromatic heterocycles. The zero-order valence-corrected chi connectivity index (χ0v) is 17.3. The Hall–Kier alpha value is -2.63. The summed E-state index contributed by atoms with van der Waals surface area (Å²) in [5.41, 5.74) is 0.441. The lowest BCUT2D eigenvalue weighted by molar-refractivity contribution is 0.0127. The quantitative estimate of drug-likeness (QED) is 0.672. The van der Waals surface area contributed by atoms with Gasteiger partial charge in [0.05, 0.1) is 23.3 Å². The van der Waals surface area contributed by atoms with Crippen LogP contribution in [0.2, 0.25) is 0 Å². The largest absolute Gasteiger partial charge is 0.465 e. The van der Waals surface area contributed by atoms with Gasteiger partial charge < -0.3 is 19.7 Å². The SMILES string of the molecule is CS(=O)(=O)Nc1cc(F)c(N2CCC(=NOC3CCN(C(=O)O)CC3)CC2)cc1F. The van der Waals surface area contributed by atoms with Crippen molar-refractivity contribution in [2.24, 2.45) is 5.16 Å². The minimum absolute atomic E-state index is 0.0626. The van der Waals surface area contributed by atoms with Crippen molar-refractivity contribution in [3.63, 3.8) is 0 Å². The summed E-state index contributed by atoms with van der Waals surface area (Å²) in [6, 6.07) is 1.82. The molecule has 0 unspecified atom stereocenters. The molecule has 12 heteroatoms. The van der Waals surface area contributed by atoms with Crippen molar-refractivity contribution >= 4 is 33.2 Å². The van der Waals surface area contributed by atoms with Crippen LogP contribution < -0.4 is 9.62 Å². The third-order valence-corrected chi connectivity index (χ3v) is 5.65. The van der Waals surface area contributed by atoms with Crippen LogP contribution in [0.25, 0.3) is 0 Å². The number of hydrogen-bond acceptors (Lipinski definition) is 6. The van der Waals surface area contributed by atoms with Gasteiger partial charge in [0.25, 0.3) is 0 Å². The molecule has 1 aromatic carbocycles. The molecule has 2 fully saturated rings. The number of halogens is 2. The summed E-state index contributed by atoms with van der Waals surface area (Å²) < 4.78 is 53.1. The number of oxime groups is 1. The molecule has 0 atom stereocenters. The highest BCUT2D eigenvalue weighted by Crippen LogP contribution is 2.28. The molecule has 0 aliphatic carbocycles. The van der Waals surface area contributed by atoms with Gasteiger partial charge in [-0.15, -0.1) is 0 Å². The number of amides is 1. The molecule has 2 N–H and O–H groups in total. The van der Waals surface area contributed by atoms with Crippen molar-refractivity contribution in [1.29, 1.82) is 0 Å². The van der Waals surface area contributed by atoms with E-state index in [1.165, 1.54) is 4.90 Å². The molecular weight excluding hydrogens is 422 g/mol. The normalized spacial score (nSPS) is 18.3. The number of likely N-dealkylation sites (tertiary alicyclic amines) is 1. The minimum Gasteiger partial charge on any atom is -0.465 e. The van der Waals surface area contributed by atoms with E-state index in [1.807, 2.05) is 4.72 Å². The van der Waals surface area contributed by atoms with E-state index in [0.29, 0.717) is 51.9 Å². The van der Waals surface area contributed by atoms with Crippen LogP contribution in [0.5, 0.6) is 0 Å². The van der Waals surface area contributed by atoms with Gasteiger partial charge in [-0.1, -0.05) is 5.16 Å². The summed E-state index contributed by atoms with van der Waals surface area (Å²) in [6.07, 6.45) is 1.97. The van der Waals surface area contributed by atoms with Gasteiger partial charge in [-0.25, -0.2) is 22.0 Å². The molecule has 3 rings (SSSR count). The summed E-state index contributed by atoms with van der Waals surface area (Å²) in [6.45, 7) is 1.64. The predicted molar refractivity (Wildman–Crippen MR) is 107 cm³/mol. The number of nitrogens with zero attached hydrogens (tertiary/aromatic N) is 3. The zero-order valence-electron chi connectivity index (χ0n) is 16.5. The molecule has 2 saturated heterocycles. The maximum absolute atomic E-state index is 14.4. The number of carbonyl (C=O) groups is 1. The van der Waals surface area contributed by atoms with Crippen molar-refractivity contribution in [3.8, 4) is 0 Å². The Kier molecular flexibility index (Phi) is 6.64. The Bertz CT molecular complexity index is 923. The molecule has 1 aromatic rings. The molecule has 9 nitrogen and oxygen atoms in total. The summed E-state index contributed by atoms with van der Waals surface area (Å²) >= 11 is 0. The fraction of sp³-hybridized carbons (Fsp3) is 0.556. The van der Waals surface area contributed by atoms with Crippen molar-refractivity contribution in [3.05, 3.63) is 23.8 Å². The Morgan fingerprint density at radius 1 is 1.17 bits per heavy atom. The average molecular weight is 446 g/mol. The van der Waals surface area contributed by atoms with Gasteiger partial charge in [0.15, 0.2) is 0 Å². The van der Waals surface area contributed by atoms with Gasteiger partial charge in [-0.05, 0) is 0 Å². The van der Waals surface area contributed by atoms with Gasteiger partial charge in [0.1, 0.15) is 17.7 Å². The number of anilines is 2. The number of carboxylic acid groups (broad SMARTS) is 1. The van der Waals surface area contributed by atoms with Crippen LogP contribution in [-0.4, -0.2) is 68.8 Å². The van der Waals surface area contributed by atoms with E-state index in [4.69, 9.17) is 9.94 Å². The third kappa shape index (κ3) is 5.71. The molecule has 2 aliphatic heterocycles. The van der Waals surface area contributed by atoms with Gasteiger partial charge in [-0.2, -0.15) is 0 Å². The Labute approximate surface area is 173 Å². The Balaban J connectivity index is 1.55. The number of rotatable bonds is 5. The van der Waals surface area contributed by atoms with Crippen LogP contribution in [0.3, 0.4) is 0 Å². The number of hydrogen-bond donors (Lipinski definition) is 2. The molecule has 30 heavy (non-hydrogen) atoms. The van der Waals surface area contributed by atoms with Crippen molar-refractivity contribution in [1.82, 2.24) is 4.90 Å². The average Bonchev–Trinajstić information content (AvgIpc) is 2.68. The van der Waals surface area contributed by atoms with Crippen LogP contribution in [0.1, 0.15) is 25.7 Å². The van der Waals surface area contributed by atoms with Gasteiger partial charge in [0.2, 0.25) is 10.0 Å². The van der Waals surface area contributed by atoms with E-state index >= 15 is 0 Å². The van der Waals surface area contributed by atoms with Gasteiger partial charge in [0, 0.05) is 64.0 Å². The summed E-state index contributed by atoms with van der Waals surface area (Å²) in [7, 11) is -3.72. The first-order chi connectivity index (χ1) is 14.1. The van der Waals surface area contributed by atoms with Crippen LogP contribution in [0.15, 0.2) is 17.3 Å².